The number of carbonyl (C=O) groups is 1. The Kier molecular flexibility index (Phi) is 4.12. The van der Waals surface area contributed by atoms with Crippen LogP contribution in [0.1, 0.15) is 24.8 Å². The Bertz CT molecular complexity index is 528. The molecule has 0 amide bonds. The fourth-order valence-corrected chi connectivity index (χ4v) is 3.14. The lowest BCUT2D eigenvalue weighted by Gasteiger charge is -2.20. The number of ether oxygens (including phenoxy) is 1. The number of fused-ring (bicyclic) bond motifs is 1. The quantitative estimate of drug-likeness (QED) is 0.779. The van der Waals surface area contributed by atoms with Gasteiger partial charge in [0.25, 0.3) is 0 Å². The molecule has 0 bridgehead atoms. The first-order valence-corrected chi connectivity index (χ1v) is 7.36. The van der Waals surface area contributed by atoms with Gasteiger partial charge >= 0.3 is 0 Å². The zero-order valence-electron chi connectivity index (χ0n) is 11.6. The molecule has 0 N–H and O–H groups in total. The van der Waals surface area contributed by atoms with E-state index in [1.807, 2.05) is 18.2 Å². The molecule has 1 fully saturated rings. The summed E-state index contributed by atoms with van der Waals surface area (Å²) in [4.78, 5) is 11.9. The molecule has 2 heteroatoms. The van der Waals surface area contributed by atoms with Crippen LogP contribution in [0.4, 0.5) is 0 Å². The Morgan fingerprint density at radius 1 is 1.20 bits per heavy atom. The van der Waals surface area contributed by atoms with Gasteiger partial charge in [-0.25, -0.2) is 0 Å². The SMILES string of the molecule is O=C1CC[C@@H]2C1=CCC=C[C@H]2COCc1ccccc1. The van der Waals surface area contributed by atoms with Gasteiger partial charge in [0.05, 0.1) is 13.2 Å². The van der Waals surface area contributed by atoms with Crippen LogP contribution in [0.2, 0.25) is 0 Å². The molecule has 0 heterocycles. The molecule has 2 atom stereocenters. The number of hydrogen-bond acceptors (Lipinski definition) is 2. The van der Waals surface area contributed by atoms with Crippen molar-refractivity contribution in [2.75, 3.05) is 6.61 Å². The maximum absolute atomic E-state index is 11.9. The van der Waals surface area contributed by atoms with Crippen LogP contribution in [-0.2, 0) is 16.1 Å². The lowest BCUT2D eigenvalue weighted by atomic mass is 9.89. The summed E-state index contributed by atoms with van der Waals surface area (Å²) in [6.45, 7) is 1.34. The van der Waals surface area contributed by atoms with Crippen molar-refractivity contribution in [3.63, 3.8) is 0 Å². The number of ketones is 1. The predicted molar refractivity (Wildman–Crippen MR) is 79.2 cm³/mol. The van der Waals surface area contributed by atoms with Gasteiger partial charge in [-0.1, -0.05) is 48.6 Å². The fraction of sp³-hybridized carbons (Fsp3) is 0.389. The molecule has 1 aromatic rings. The first-order valence-electron chi connectivity index (χ1n) is 7.36. The average molecular weight is 268 g/mol. The molecule has 2 aliphatic rings. The maximum Gasteiger partial charge on any atom is 0.158 e. The zero-order chi connectivity index (χ0) is 13.8. The standard InChI is InChI=1S/C18H20O2/c19-18-11-10-16-15(8-4-5-9-17(16)18)13-20-12-14-6-2-1-3-7-14/h1-4,6-9,15-16H,5,10-13H2/t15-,16-/m0/s1. The molecule has 20 heavy (non-hydrogen) atoms. The molecule has 0 aromatic heterocycles. The van der Waals surface area contributed by atoms with Crippen LogP contribution in [0, 0.1) is 11.8 Å². The zero-order valence-corrected chi connectivity index (χ0v) is 11.6. The average Bonchev–Trinajstić information content (AvgIpc) is 2.72. The van der Waals surface area contributed by atoms with Gasteiger partial charge in [-0.15, -0.1) is 0 Å². The summed E-state index contributed by atoms with van der Waals surface area (Å²) in [6.07, 6.45) is 9.07. The minimum absolute atomic E-state index is 0.340. The first-order chi connectivity index (χ1) is 9.84. The van der Waals surface area contributed by atoms with Crippen LogP contribution in [0.3, 0.4) is 0 Å². The lowest BCUT2D eigenvalue weighted by Crippen LogP contribution is -2.18. The molecule has 104 valence electrons. The summed E-state index contributed by atoms with van der Waals surface area (Å²) in [5.74, 6) is 1.06. The number of hydrogen-bond donors (Lipinski definition) is 0. The van der Waals surface area contributed by atoms with Gasteiger partial charge in [-0.05, 0) is 29.9 Å². The highest BCUT2D eigenvalue weighted by Gasteiger charge is 2.33. The summed E-state index contributed by atoms with van der Waals surface area (Å²) in [5, 5.41) is 0. The molecule has 0 unspecified atom stereocenters. The van der Waals surface area contributed by atoms with Crippen molar-refractivity contribution in [3.05, 3.63) is 59.7 Å². The molecule has 3 rings (SSSR count). The molecule has 0 aliphatic heterocycles. The van der Waals surface area contributed by atoms with Crippen LogP contribution in [0.5, 0.6) is 0 Å². The maximum atomic E-state index is 11.9. The molecule has 0 spiro atoms. The molecular weight excluding hydrogens is 248 g/mol. The molecule has 2 nitrogen and oxygen atoms in total. The van der Waals surface area contributed by atoms with E-state index in [-0.39, 0.29) is 0 Å². The predicted octanol–water partition coefficient (Wildman–Crippen LogP) is 3.68. The second kappa shape index (κ2) is 6.19. The Morgan fingerprint density at radius 2 is 2.05 bits per heavy atom. The van der Waals surface area contributed by atoms with Gasteiger partial charge < -0.3 is 4.74 Å². The summed E-state index contributed by atoms with van der Waals surface area (Å²) in [5.41, 5.74) is 2.24. The molecule has 2 aliphatic carbocycles. The third-order valence-corrected chi connectivity index (χ3v) is 4.20. The van der Waals surface area contributed by atoms with E-state index >= 15 is 0 Å². The van der Waals surface area contributed by atoms with Crippen LogP contribution in [0.15, 0.2) is 54.1 Å². The number of allylic oxidation sites excluding steroid dienone is 3. The van der Waals surface area contributed by atoms with E-state index in [0.717, 1.165) is 18.4 Å². The van der Waals surface area contributed by atoms with E-state index in [1.165, 1.54) is 5.56 Å². The van der Waals surface area contributed by atoms with Crippen LogP contribution in [0.25, 0.3) is 0 Å². The first kappa shape index (κ1) is 13.3. The lowest BCUT2D eigenvalue weighted by molar-refractivity contribution is -0.114. The van der Waals surface area contributed by atoms with Crippen LogP contribution >= 0.6 is 0 Å². The highest BCUT2D eigenvalue weighted by Crippen LogP contribution is 2.37. The second-order valence-electron chi connectivity index (χ2n) is 5.56. The monoisotopic (exact) mass is 268 g/mol. The molecule has 1 aromatic carbocycles. The highest BCUT2D eigenvalue weighted by atomic mass is 16.5. The van der Waals surface area contributed by atoms with Crippen molar-refractivity contribution in [1.29, 1.82) is 0 Å². The smallest absolute Gasteiger partial charge is 0.158 e. The molecular formula is C18H20O2. The van der Waals surface area contributed by atoms with Crippen LogP contribution in [-0.4, -0.2) is 12.4 Å². The van der Waals surface area contributed by atoms with Crippen molar-refractivity contribution in [2.45, 2.75) is 25.9 Å². The van der Waals surface area contributed by atoms with Gasteiger partial charge in [-0.3, -0.25) is 4.79 Å². The van der Waals surface area contributed by atoms with Crippen molar-refractivity contribution in [3.8, 4) is 0 Å². The molecule has 0 saturated heterocycles. The Labute approximate surface area is 120 Å². The van der Waals surface area contributed by atoms with Crippen LogP contribution < -0.4 is 0 Å². The van der Waals surface area contributed by atoms with Gasteiger partial charge in [0, 0.05) is 12.3 Å². The van der Waals surface area contributed by atoms with E-state index in [4.69, 9.17) is 4.74 Å². The van der Waals surface area contributed by atoms with Gasteiger partial charge in [0.1, 0.15) is 0 Å². The van der Waals surface area contributed by atoms with Crippen molar-refractivity contribution >= 4 is 5.78 Å². The number of carbonyl (C=O) groups excluding carboxylic acids is 1. The van der Waals surface area contributed by atoms with E-state index in [9.17, 15) is 4.79 Å². The summed E-state index contributed by atoms with van der Waals surface area (Å²) in [7, 11) is 0. The van der Waals surface area contributed by atoms with E-state index in [1.54, 1.807) is 0 Å². The summed E-state index contributed by atoms with van der Waals surface area (Å²) < 4.78 is 5.87. The van der Waals surface area contributed by atoms with Gasteiger partial charge in [0.15, 0.2) is 5.78 Å². The highest BCUT2D eigenvalue weighted by molar-refractivity contribution is 5.98. The Morgan fingerprint density at radius 3 is 2.90 bits per heavy atom. The second-order valence-corrected chi connectivity index (χ2v) is 5.56. The van der Waals surface area contributed by atoms with E-state index in [0.29, 0.717) is 37.3 Å². The third-order valence-electron chi connectivity index (χ3n) is 4.20. The topological polar surface area (TPSA) is 26.3 Å². The third kappa shape index (κ3) is 2.91. The van der Waals surface area contributed by atoms with Crippen molar-refractivity contribution in [2.24, 2.45) is 11.8 Å². The van der Waals surface area contributed by atoms with Gasteiger partial charge in [0.2, 0.25) is 0 Å². The van der Waals surface area contributed by atoms with Crippen molar-refractivity contribution < 1.29 is 9.53 Å². The molecule has 0 radical (unpaired) electrons. The van der Waals surface area contributed by atoms with E-state index in [2.05, 4.69) is 30.4 Å². The number of benzene rings is 1. The fourth-order valence-electron chi connectivity index (χ4n) is 3.14. The Balaban J connectivity index is 1.59. The summed E-state index contributed by atoms with van der Waals surface area (Å²) in [6, 6.07) is 10.2. The number of Topliss-reactive ketones (excluding diaryl/α,β-unsaturated/α-hetero) is 1. The van der Waals surface area contributed by atoms with E-state index < -0.39 is 0 Å². The minimum atomic E-state index is 0.340. The largest absolute Gasteiger partial charge is 0.376 e. The normalized spacial score (nSPS) is 25.2. The number of rotatable bonds is 4. The molecule has 1 saturated carbocycles. The van der Waals surface area contributed by atoms with Crippen molar-refractivity contribution in [1.82, 2.24) is 0 Å². The minimum Gasteiger partial charge on any atom is -0.376 e. The Hall–Kier alpha value is -1.67. The summed E-state index contributed by atoms with van der Waals surface area (Å²) >= 11 is 0. The van der Waals surface area contributed by atoms with Gasteiger partial charge in [-0.2, -0.15) is 0 Å².